The lowest BCUT2D eigenvalue weighted by Crippen LogP contribution is -2.41. The van der Waals surface area contributed by atoms with Crippen LogP contribution in [0.15, 0.2) is 54.7 Å². The molecule has 2 aliphatic heterocycles. The molecule has 1 fully saturated rings. The smallest absolute Gasteiger partial charge is 0.416 e. The second-order valence-electron chi connectivity index (χ2n) is 8.12. The van der Waals surface area contributed by atoms with Crippen LogP contribution in [0.4, 0.5) is 35.3 Å². The summed E-state index contributed by atoms with van der Waals surface area (Å²) >= 11 is 0. The largest absolute Gasteiger partial charge is 0.488 e. The van der Waals surface area contributed by atoms with Crippen LogP contribution in [0.25, 0.3) is 11.3 Å². The van der Waals surface area contributed by atoms with E-state index in [9.17, 15) is 18.0 Å². The molecule has 0 atom stereocenters. The van der Waals surface area contributed by atoms with E-state index in [1.807, 2.05) is 6.07 Å². The highest BCUT2D eigenvalue weighted by atomic mass is 19.4. The first-order chi connectivity index (χ1) is 16.4. The van der Waals surface area contributed by atoms with E-state index in [2.05, 4.69) is 20.2 Å². The number of pyridine rings is 2. The van der Waals surface area contributed by atoms with Crippen LogP contribution in [0, 0.1) is 0 Å². The summed E-state index contributed by atoms with van der Waals surface area (Å²) in [6.07, 6.45) is -0.580. The zero-order chi connectivity index (χ0) is 23.7. The number of alkyl halides is 3. The van der Waals surface area contributed by atoms with Gasteiger partial charge in [-0.05, 0) is 43.2 Å². The van der Waals surface area contributed by atoms with Gasteiger partial charge in [0.2, 0.25) is 0 Å². The van der Waals surface area contributed by atoms with E-state index in [1.165, 1.54) is 11.0 Å². The molecule has 176 valence electrons. The van der Waals surface area contributed by atoms with E-state index >= 15 is 0 Å². The highest BCUT2D eigenvalue weighted by Crippen LogP contribution is 2.35. The Hall–Kier alpha value is -3.82. The SMILES string of the molecule is O=C(Nc1ccnc(N2CCCC2)c1)N1CCOc2ccc(-c3cccc(C(F)(F)F)c3)nc21. The molecular weight excluding hydrogens is 447 g/mol. The van der Waals surface area contributed by atoms with Crippen molar-refractivity contribution in [2.24, 2.45) is 0 Å². The maximum absolute atomic E-state index is 13.1. The van der Waals surface area contributed by atoms with Gasteiger partial charge in [-0.3, -0.25) is 4.90 Å². The Kier molecular flexibility index (Phi) is 5.72. The molecule has 7 nitrogen and oxygen atoms in total. The molecule has 10 heteroatoms. The lowest BCUT2D eigenvalue weighted by Gasteiger charge is -2.29. The van der Waals surface area contributed by atoms with Crippen molar-refractivity contribution in [1.29, 1.82) is 0 Å². The number of benzene rings is 1. The zero-order valence-corrected chi connectivity index (χ0v) is 18.2. The van der Waals surface area contributed by atoms with Gasteiger partial charge >= 0.3 is 12.2 Å². The summed E-state index contributed by atoms with van der Waals surface area (Å²) in [6, 6.07) is 11.3. The standard InChI is InChI=1S/C24H22F3N5O2/c25-24(26,27)17-5-3-4-16(14-17)19-6-7-20-22(30-19)32(12-13-34-20)23(33)29-18-8-9-28-21(15-18)31-10-1-2-11-31/h3-9,14-15H,1-2,10-13H2,(H,28,29,33). The summed E-state index contributed by atoms with van der Waals surface area (Å²) in [7, 11) is 0. The highest BCUT2D eigenvalue weighted by Gasteiger charge is 2.31. The summed E-state index contributed by atoms with van der Waals surface area (Å²) in [5.41, 5.74) is 0.451. The number of aromatic nitrogens is 2. The molecule has 0 spiro atoms. The highest BCUT2D eigenvalue weighted by molar-refractivity contribution is 6.02. The second kappa shape index (κ2) is 8.85. The van der Waals surface area contributed by atoms with Gasteiger partial charge in [-0.1, -0.05) is 12.1 Å². The van der Waals surface area contributed by atoms with Crippen molar-refractivity contribution < 1.29 is 22.7 Å². The molecule has 3 aromatic rings. The molecule has 0 saturated carbocycles. The number of carbonyl (C=O) groups is 1. The van der Waals surface area contributed by atoms with Crippen LogP contribution >= 0.6 is 0 Å². The third kappa shape index (κ3) is 4.48. The maximum atomic E-state index is 13.1. The Morgan fingerprint density at radius 2 is 1.85 bits per heavy atom. The average molecular weight is 469 g/mol. The molecule has 34 heavy (non-hydrogen) atoms. The van der Waals surface area contributed by atoms with Crippen LogP contribution in [0.1, 0.15) is 18.4 Å². The minimum Gasteiger partial charge on any atom is -0.488 e. The lowest BCUT2D eigenvalue weighted by molar-refractivity contribution is -0.137. The van der Waals surface area contributed by atoms with Crippen molar-refractivity contribution in [3.8, 4) is 17.0 Å². The Bertz CT molecular complexity index is 1210. The number of amides is 2. The van der Waals surface area contributed by atoms with Crippen LogP contribution in [-0.4, -0.2) is 42.2 Å². The third-order valence-corrected chi connectivity index (χ3v) is 5.83. The summed E-state index contributed by atoms with van der Waals surface area (Å²) in [5, 5.41) is 2.88. The van der Waals surface area contributed by atoms with Crippen LogP contribution in [0.2, 0.25) is 0 Å². The van der Waals surface area contributed by atoms with E-state index in [0.29, 0.717) is 22.7 Å². The molecule has 2 aliphatic rings. The number of nitrogens with zero attached hydrogens (tertiary/aromatic N) is 4. The quantitative estimate of drug-likeness (QED) is 0.572. The average Bonchev–Trinajstić information content (AvgIpc) is 3.38. The Balaban J connectivity index is 1.40. The van der Waals surface area contributed by atoms with Crippen LogP contribution in [0.5, 0.6) is 5.75 Å². The summed E-state index contributed by atoms with van der Waals surface area (Å²) < 4.78 is 45.1. The minimum absolute atomic E-state index is 0.252. The predicted octanol–water partition coefficient (Wildman–Crippen LogP) is 5.19. The van der Waals surface area contributed by atoms with E-state index in [0.717, 1.165) is 43.9 Å². The molecule has 1 saturated heterocycles. The first-order valence-electron chi connectivity index (χ1n) is 11.0. The zero-order valence-electron chi connectivity index (χ0n) is 18.2. The molecule has 0 aliphatic carbocycles. The molecule has 2 amide bonds. The number of halogens is 3. The number of hydrogen-bond donors (Lipinski definition) is 1. The Labute approximate surface area is 194 Å². The molecule has 1 N–H and O–H groups in total. The number of fused-ring (bicyclic) bond motifs is 1. The van der Waals surface area contributed by atoms with Gasteiger partial charge in [-0.2, -0.15) is 13.2 Å². The first-order valence-corrected chi connectivity index (χ1v) is 11.0. The van der Waals surface area contributed by atoms with Crippen molar-refractivity contribution in [3.63, 3.8) is 0 Å². The van der Waals surface area contributed by atoms with E-state index in [1.54, 1.807) is 30.5 Å². The molecule has 0 bridgehead atoms. The van der Waals surface area contributed by atoms with Crippen LogP contribution in [-0.2, 0) is 6.18 Å². The third-order valence-electron chi connectivity index (χ3n) is 5.83. The number of urea groups is 1. The number of carbonyl (C=O) groups excluding carboxylic acids is 1. The van der Waals surface area contributed by atoms with Gasteiger partial charge in [0.1, 0.15) is 12.4 Å². The number of ether oxygens (including phenoxy) is 1. The second-order valence-corrected chi connectivity index (χ2v) is 8.12. The fourth-order valence-electron chi connectivity index (χ4n) is 4.11. The number of rotatable bonds is 3. The van der Waals surface area contributed by atoms with Gasteiger partial charge < -0.3 is 15.0 Å². The summed E-state index contributed by atoms with van der Waals surface area (Å²) in [4.78, 5) is 25.6. The fraction of sp³-hybridized carbons (Fsp3) is 0.292. The maximum Gasteiger partial charge on any atom is 0.416 e. The number of anilines is 3. The van der Waals surface area contributed by atoms with Crippen molar-refractivity contribution in [2.75, 3.05) is 41.4 Å². The van der Waals surface area contributed by atoms with Crippen molar-refractivity contribution >= 4 is 23.4 Å². The molecule has 5 rings (SSSR count). The van der Waals surface area contributed by atoms with Gasteiger partial charge in [-0.25, -0.2) is 14.8 Å². The first kappa shape index (κ1) is 22.0. The van der Waals surface area contributed by atoms with Crippen molar-refractivity contribution in [3.05, 3.63) is 60.3 Å². The van der Waals surface area contributed by atoms with Gasteiger partial charge in [0.25, 0.3) is 0 Å². The van der Waals surface area contributed by atoms with Crippen LogP contribution in [0.3, 0.4) is 0 Å². The van der Waals surface area contributed by atoms with Gasteiger partial charge in [-0.15, -0.1) is 0 Å². The molecule has 4 heterocycles. The minimum atomic E-state index is -4.46. The monoisotopic (exact) mass is 469 g/mol. The lowest BCUT2D eigenvalue weighted by atomic mass is 10.1. The van der Waals surface area contributed by atoms with Crippen molar-refractivity contribution in [2.45, 2.75) is 19.0 Å². The van der Waals surface area contributed by atoms with Crippen LogP contribution < -0.4 is 19.9 Å². The Morgan fingerprint density at radius 3 is 2.65 bits per heavy atom. The molecule has 0 unspecified atom stereocenters. The van der Waals surface area contributed by atoms with Gasteiger partial charge in [0, 0.05) is 36.6 Å². The summed E-state index contributed by atoms with van der Waals surface area (Å²) in [6.45, 7) is 2.40. The number of hydrogen-bond acceptors (Lipinski definition) is 5. The molecule has 1 aromatic carbocycles. The normalized spacial score (nSPS) is 15.6. The summed E-state index contributed by atoms with van der Waals surface area (Å²) in [5.74, 6) is 1.46. The van der Waals surface area contributed by atoms with E-state index < -0.39 is 17.8 Å². The van der Waals surface area contributed by atoms with Gasteiger partial charge in [0.05, 0.1) is 17.8 Å². The molecule has 0 radical (unpaired) electrons. The Morgan fingerprint density at radius 1 is 1.03 bits per heavy atom. The number of nitrogens with one attached hydrogen (secondary N) is 1. The van der Waals surface area contributed by atoms with E-state index in [-0.39, 0.29) is 19.0 Å². The fourth-order valence-corrected chi connectivity index (χ4v) is 4.11. The van der Waals surface area contributed by atoms with Crippen molar-refractivity contribution in [1.82, 2.24) is 9.97 Å². The van der Waals surface area contributed by atoms with E-state index in [4.69, 9.17) is 4.74 Å². The molecule has 2 aromatic heterocycles. The predicted molar refractivity (Wildman–Crippen MR) is 122 cm³/mol. The van der Waals surface area contributed by atoms with Gasteiger partial charge in [0.15, 0.2) is 11.6 Å². The topological polar surface area (TPSA) is 70.6 Å². The molecular formula is C24H22F3N5O2.